The van der Waals surface area contributed by atoms with Crippen LogP contribution in [0.2, 0.25) is 10.0 Å². The average Bonchev–Trinajstić information content (AvgIpc) is 3.71. The van der Waals surface area contributed by atoms with Gasteiger partial charge >= 0.3 is 18.6 Å². The summed E-state index contributed by atoms with van der Waals surface area (Å²) in [5.74, 6) is -3.36. The highest BCUT2D eigenvalue weighted by Gasteiger charge is 2.52. The van der Waals surface area contributed by atoms with Crippen LogP contribution in [0.3, 0.4) is 0 Å². The minimum Gasteiger partial charge on any atom is -0.489 e. The summed E-state index contributed by atoms with van der Waals surface area (Å²) in [4.78, 5) is 29.5. The van der Waals surface area contributed by atoms with Gasteiger partial charge in [0.15, 0.2) is 11.5 Å². The lowest BCUT2D eigenvalue weighted by molar-refractivity contribution is -0.182. The molecule has 7 nitrogen and oxygen atoms in total. The first-order valence-corrected chi connectivity index (χ1v) is 12.8. The maximum absolute atomic E-state index is 13.2. The highest BCUT2D eigenvalue weighted by molar-refractivity contribution is 6.35. The van der Waals surface area contributed by atoms with Gasteiger partial charge in [-0.15, -0.1) is 0 Å². The van der Waals surface area contributed by atoms with Crippen LogP contribution in [-0.2, 0) is 26.3 Å². The van der Waals surface area contributed by atoms with Crippen LogP contribution in [-0.4, -0.2) is 35.2 Å². The number of rotatable bonds is 12. The van der Waals surface area contributed by atoms with E-state index in [1.807, 2.05) is 0 Å². The minimum absolute atomic E-state index is 0.00629. The Hall–Kier alpha value is -3.43. The molecule has 4 rings (SSSR count). The number of carboxylic acid groups (broad SMARTS) is 1. The highest BCUT2D eigenvalue weighted by atomic mass is 35.5. The van der Waals surface area contributed by atoms with Crippen molar-refractivity contribution in [3.63, 3.8) is 0 Å². The van der Waals surface area contributed by atoms with Gasteiger partial charge in [-0.3, -0.25) is 9.78 Å². The summed E-state index contributed by atoms with van der Waals surface area (Å²) in [5, 5.41) is 11.0. The van der Waals surface area contributed by atoms with Gasteiger partial charge in [-0.25, -0.2) is 4.79 Å². The van der Waals surface area contributed by atoms with Gasteiger partial charge in [0.2, 0.25) is 5.60 Å². The number of aliphatic carboxylic acids is 1. The maximum atomic E-state index is 13.2. The number of benzene rings is 2. The molecule has 0 radical (unpaired) electrons. The number of hydrogen-bond acceptors (Lipinski definition) is 6. The number of carboxylic acids is 1. The first-order valence-electron chi connectivity index (χ1n) is 12.1. The quantitative estimate of drug-likeness (QED) is 0.240. The first-order chi connectivity index (χ1) is 18.6. The average molecular weight is 580 g/mol. The zero-order valence-corrected chi connectivity index (χ0v) is 22.3. The van der Waals surface area contributed by atoms with E-state index in [0.717, 1.165) is 19.8 Å². The first kappa shape index (κ1) is 28.6. The molecule has 39 heavy (non-hydrogen) atoms. The number of aromatic nitrogens is 1. The molecular formula is C28H25Cl2F2NO6. The topological polar surface area (TPSA) is 95.0 Å². The molecule has 1 fully saturated rings. The third-order valence-corrected chi connectivity index (χ3v) is 7.09. The van der Waals surface area contributed by atoms with Crippen molar-refractivity contribution in [1.82, 2.24) is 4.98 Å². The van der Waals surface area contributed by atoms with Gasteiger partial charge in [-0.2, -0.15) is 8.78 Å². The zero-order valence-electron chi connectivity index (χ0n) is 20.8. The van der Waals surface area contributed by atoms with Crippen LogP contribution < -0.4 is 9.47 Å². The van der Waals surface area contributed by atoms with Gasteiger partial charge in [-0.05, 0) is 48.4 Å². The largest absolute Gasteiger partial charge is 0.489 e. The molecule has 11 heteroatoms. The van der Waals surface area contributed by atoms with Crippen LogP contribution in [0.1, 0.15) is 42.4 Å². The molecule has 1 aromatic heterocycles. The van der Waals surface area contributed by atoms with E-state index in [2.05, 4.69) is 9.72 Å². The Bertz CT molecular complexity index is 1320. The van der Waals surface area contributed by atoms with Gasteiger partial charge in [0.1, 0.15) is 0 Å². The van der Waals surface area contributed by atoms with E-state index in [1.54, 1.807) is 18.2 Å². The Labute approximate surface area is 233 Å². The lowest BCUT2D eigenvalue weighted by Gasteiger charge is -2.37. The van der Waals surface area contributed by atoms with Crippen LogP contribution >= 0.6 is 23.2 Å². The standard InChI is InChI=1S/C28H25Cl2F2NO6/c1-16(34)39-28(26(35)36,19-5-3-2-4-6-19)21(12-20-22(29)13-33-14-23(20)30)18-9-10-24(38-27(31)32)25(11-18)37-15-17-7-8-17/h2-6,9-11,13-14,17,21,27H,7-8,12,15H2,1H3,(H,35,36). The summed E-state index contributed by atoms with van der Waals surface area (Å²) >= 11 is 12.8. The second-order valence-corrected chi connectivity index (χ2v) is 9.99. The molecule has 1 saturated carbocycles. The lowest BCUT2D eigenvalue weighted by atomic mass is 9.73. The fourth-order valence-electron chi connectivity index (χ4n) is 4.43. The summed E-state index contributed by atoms with van der Waals surface area (Å²) in [7, 11) is 0. The summed E-state index contributed by atoms with van der Waals surface area (Å²) in [6.07, 6.45) is 4.51. The molecule has 1 aliphatic carbocycles. The summed E-state index contributed by atoms with van der Waals surface area (Å²) in [5.41, 5.74) is -1.42. The number of carbonyl (C=O) groups is 2. The van der Waals surface area contributed by atoms with Crippen molar-refractivity contribution in [1.29, 1.82) is 0 Å². The third-order valence-electron chi connectivity index (χ3n) is 6.43. The van der Waals surface area contributed by atoms with Crippen molar-refractivity contribution in [3.05, 3.63) is 87.7 Å². The van der Waals surface area contributed by atoms with Crippen molar-refractivity contribution in [2.24, 2.45) is 5.92 Å². The molecule has 206 valence electrons. The van der Waals surface area contributed by atoms with E-state index in [9.17, 15) is 23.5 Å². The molecule has 3 aromatic rings. The van der Waals surface area contributed by atoms with Crippen molar-refractivity contribution in [2.45, 2.75) is 44.3 Å². The Morgan fingerprint density at radius 2 is 1.74 bits per heavy atom. The van der Waals surface area contributed by atoms with Crippen molar-refractivity contribution in [2.75, 3.05) is 6.61 Å². The maximum Gasteiger partial charge on any atom is 0.387 e. The molecule has 0 spiro atoms. The summed E-state index contributed by atoms with van der Waals surface area (Å²) in [6.45, 7) is -1.72. The number of carbonyl (C=O) groups excluding carboxylic acids is 1. The van der Waals surface area contributed by atoms with Crippen LogP contribution in [0.4, 0.5) is 8.78 Å². The van der Waals surface area contributed by atoms with E-state index < -0.39 is 30.1 Å². The van der Waals surface area contributed by atoms with Crippen LogP contribution in [0.15, 0.2) is 60.9 Å². The van der Waals surface area contributed by atoms with E-state index in [-0.39, 0.29) is 40.1 Å². The monoisotopic (exact) mass is 579 g/mol. The number of hydrogen-bond donors (Lipinski definition) is 1. The molecule has 2 unspecified atom stereocenters. The molecule has 1 heterocycles. The Morgan fingerprint density at radius 1 is 1.08 bits per heavy atom. The highest BCUT2D eigenvalue weighted by Crippen LogP contribution is 2.47. The normalized spacial score (nSPS) is 15.3. The fourth-order valence-corrected chi connectivity index (χ4v) is 4.95. The number of nitrogens with zero attached hydrogens (tertiary/aromatic N) is 1. The molecule has 1 N–H and O–H groups in total. The summed E-state index contributed by atoms with van der Waals surface area (Å²) in [6, 6.07) is 12.1. The van der Waals surface area contributed by atoms with E-state index >= 15 is 0 Å². The number of ether oxygens (including phenoxy) is 3. The van der Waals surface area contributed by atoms with Crippen molar-refractivity contribution < 1.29 is 37.7 Å². The van der Waals surface area contributed by atoms with E-state index in [4.69, 9.17) is 32.7 Å². The smallest absolute Gasteiger partial charge is 0.387 e. The van der Waals surface area contributed by atoms with Gasteiger partial charge in [0, 0.05) is 30.8 Å². The zero-order chi connectivity index (χ0) is 28.2. The number of halogens is 4. The van der Waals surface area contributed by atoms with Crippen molar-refractivity contribution >= 4 is 35.1 Å². The Balaban J connectivity index is 1.94. The molecule has 0 aliphatic heterocycles. The molecule has 1 aliphatic rings. The molecule has 0 amide bonds. The van der Waals surface area contributed by atoms with Crippen LogP contribution in [0.5, 0.6) is 11.5 Å². The molecule has 2 atom stereocenters. The Kier molecular flexibility index (Phi) is 8.92. The predicted octanol–water partition coefficient (Wildman–Crippen LogP) is 6.65. The van der Waals surface area contributed by atoms with Gasteiger partial charge in [0.25, 0.3) is 0 Å². The lowest BCUT2D eigenvalue weighted by Crippen LogP contribution is -2.46. The summed E-state index contributed by atoms with van der Waals surface area (Å²) < 4.78 is 42.5. The van der Waals surface area contributed by atoms with E-state index in [1.165, 1.54) is 42.7 Å². The molecule has 0 saturated heterocycles. The fraction of sp³-hybridized carbons (Fsp3) is 0.321. The molecule has 0 bridgehead atoms. The molecule has 2 aromatic carbocycles. The van der Waals surface area contributed by atoms with Crippen LogP contribution in [0.25, 0.3) is 0 Å². The van der Waals surface area contributed by atoms with Gasteiger partial charge in [0.05, 0.1) is 16.7 Å². The minimum atomic E-state index is -3.10. The number of alkyl halides is 2. The molecular weight excluding hydrogens is 555 g/mol. The second-order valence-electron chi connectivity index (χ2n) is 9.18. The number of pyridine rings is 1. The SMILES string of the molecule is CC(=O)OC(C(=O)O)(c1ccccc1)C(Cc1c(Cl)cncc1Cl)c1ccc(OC(F)F)c(OCC2CC2)c1. The predicted molar refractivity (Wildman–Crippen MR) is 140 cm³/mol. The van der Waals surface area contributed by atoms with Crippen LogP contribution in [0, 0.1) is 5.92 Å². The van der Waals surface area contributed by atoms with Gasteiger partial charge < -0.3 is 19.3 Å². The van der Waals surface area contributed by atoms with E-state index in [0.29, 0.717) is 17.0 Å². The van der Waals surface area contributed by atoms with Gasteiger partial charge in [-0.1, -0.05) is 59.6 Å². The van der Waals surface area contributed by atoms with Crippen molar-refractivity contribution in [3.8, 4) is 11.5 Å². The number of esters is 1. The Morgan fingerprint density at radius 3 is 2.31 bits per heavy atom. The second kappa shape index (κ2) is 12.2. The third kappa shape index (κ3) is 6.59.